The highest BCUT2D eigenvalue weighted by Gasteiger charge is 2.31. The van der Waals surface area contributed by atoms with Gasteiger partial charge in [0.2, 0.25) is 0 Å². The van der Waals surface area contributed by atoms with Crippen LogP contribution in [0.1, 0.15) is 47.5 Å². The van der Waals surface area contributed by atoms with Crippen molar-refractivity contribution in [3.63, 3.8) is 0 Å². The van der Waals surface area contributed by atoms with E-state index in [1.165, 1.54) is 48.5 Å². The summed E-state index contributed by atoms with van der Waals surface area (Å²) in [5, 5.41) is 13.6. The molecule has 72 heavy (non-hydrogen) atoms. The van der Waals surface area contributed by atoms with Gasteiger partial charge in [-0.05, 0) is 112 Å². The van der Waals surface area contributed by atoms with Crippen LogP contribution in [0, 0.1) is 13.8 Å². The number of aryl methyl sites for hydroxylation is 2. The number of nitrogens with zero attached hydrogens (tertiary/aromatic N) is 4. The maximum Gasteiger partial charge on any atom is 0.294 e. The maximum absolute atomic E-state index is 13.5. The van der Waals surface area contributed by atoms with Gasteiger partial charge in [-0.1, -0.05) is 24.3 Å². The SMILES string of the molecule is CC1=NNC(=O)C1=C(c1ccc(S(=O)(=O)O)cc1)c1c(C)[nH]n(-c2ccc(S(=O)(=O)O)cc2)c1=O.CC1=NNC(=O)C1=C(c1ccc(S(=O)(=O)O)cc1)c1c(C)[nH]n(-c2ccc(S(=O)(=O)O)cc2)c1=O.N.N. The molecule has 380 valence electrons. The Morgan fingerprint density at radius 2 is 0.681 bits per heavy atom. The smallest absolute Gasteiger partial charge is 0.294 e. The third kappa shape index (κ3) is 10.9. The number of rotatable bonds is 10. The van der Waals surface area contributed by atoms with E-state index >= 15 is 0 Å². The molecule has 0 atom stereocenters. The molecule has 4 heterocycles. The fraction of sp³-hybridized carbons (Fsp3) is 0.0952. The maximum atomic E-state index is 13.5. The van der Waals surface area contributed by atoms with Crippen LogP contribution in [0.3, 0.4) is 0 Å². The monoisotopic (exact) mass is 1070 g/mol. The second-order valence-corrected chi connectivity index (χ2v) is 20.9. The van der Waals surface area contributed by atoms with E-state index in [9.17, 15) is 71.1 Å². The quantitative estimate of drug-likeness (QED) is 0.0696. The van der Waals surface area contributed by atoms with E-state index in [0.29, 0.717) is 33.9 Å². The summed E-state index contributed by atoms with van der Waals surface area (Å²) >= 11 is 0. The van der Waals surface area contributed by atoms with E-state index in [2.05, 4.69) is 31.3 Å². The van der Waals surface area contributed by atoms with Crippen molar-refractivity contribution in [2.45, 2.75) is 47.3 Å². The standard InChI is InChI=1S/2C21H18N4O8S2.2H3N/c2*1-11-17(20(26)23-22-11)19(13-3-7-15(8-4-13)34(28,29)30)18-12(2)24-25(21(18)27)14-5-9-16(10-6-14)35(31,32)33;;/h2*3-10,24H,1-2H3,(H,23,26)(H,28,29,30)(H,31,32,33);2*1H3. The molecule has 0 saturated heterocycles. The summed E-state index contributed by atoms with van der Waals surface area (Å²) < 4.78 is 130. The fourth-order valence-electron chi connectivity index (χ4n) is 7.40. The molecule has 0 spiro atoms. The number of aromatic amines is 2. The van der Waals surface area contributed by atoms with Gasteiger partial charge in [-0.25, -0.2) is 20.2 Å². The molecule has 4 aromatic carbocycles. The fourth-order valence-corrected chi connectivity index (χ4v) is 9.32. The summed E-state index contributed by atoms with van der Waals surface area (Å²) in [6.45, 7) is 6.31. The first-order chi connectivity index (χ1) is 32.6. The Bertz CT molecular complexity index is 3650. The van der Waals surface area contributed by atoms with Gasteiger partial charge in [-0.2, -0.15) is 43.9 Å². The minimum Gasteiger partial charge on any atom is -0.344 e. The summed E-state index contributed by atoms with van der Waals surface area (Å²) in [5.41, 5.74) is 6.63. The number of carbonyl (C=O) groups is 2. The van der Waals surface area contributed by atoms with E-state index in [0.717, 1.165) is 57.9 Å². The molecule has 0 saturated carbocycles. The van der Waals surface area contributed by atoms with Gasteiger partial charge < -0.3 is 12.3 Å². The zero-order valence-corrected chi connectivity index (χ0v) is 41.0. The number of H-pyrrole nitrogens is 2. The molecule has 30 heteroatoms. The van der Waals surface area contributed by atoms with E-state index in [1.807, 2.05) is 0 Å². The summed E-state index contributed by atoms with van der Waals surface area (Å²) in [7, 11) is -17.8. The molecular formula is C42H42N10O16S4. The van der Waals surface area contributed by atoms with Crippen LogP contribution >= 0.6 is 0 Å². The zero-order valence-electron chi connectivity index (χ0n) is 37.8. The molecule has 8 rings (SSSR count). The van der Waals surface area contributed by atoms with Crippen LogP contribution < -0.4 is 34.3 Å². The van der Waals surface area contributed by atoms with E-state index in [-0.39, 0.29) is 76.7 Å². The van der Waals surface area contributed by atoms with Crippen LogP contribution in [0.2, 0.25) is 0 Å². The molecule has 0 fully saturated rings. The lowest BCUT2D eigenvalue weighted by molar-refractivity contribution is -0.117. The average molecular weight is 1070 g/mol. The van der Waals surface area contributed by atoms with Crippen LogP contribution in [0.15, 0.2) is 148 Å². The zero-order chi connectivity index (χ0) is 51.4. The van der Waals surface area contributed by atoms with E-state index in [4.69, 9.17) is 0 Å². The molecular weight excluding hydrogens is 1030 g/mol. The molecule has 0 unspecified atom stereocenters. The van der Waals surface area contributed by atoms with Crippen LogP contribution in [-0.4, -0.2) is 94.7 Å². The van der Waals surface area contributed by atoms with Crippen molar-refractivity contribution in [1.82, 2.24) is 42.7 Å². The number of hydrogen-bond acceptors (Lipinski definition) is 16. The molecule has 2 aliphatic heterocycles. The minimum atomic E-state index is -4.46. The molecule has 2 aromatic heterocycles. The molecule has 0 bridgehead atoms. The highest BCUT2D eigenvalue weighted by Crippen LogP contribution is 2.32. The second-order valence-electron chi connectivity index (χ2n) is 15.2. The lowest BCUT2D eigenvalue weighted by Gasteiger charge is -2.11. The Morgan fingerprint density at radius 1 is 0.431 bits per heavy atom. The topological polar surface area (TPSA) is 446 Å². The number of benzene rings is 4. The van der Waals surface area contributed by atoms with Crippen molar-refractivity contribution >= 4 is 74.9 Å². The summed E-state index contributed by atoms with van der Waals surface area (Å²) in [5.74, 6) is -1.14. The predicted octanol–water partition coefficient (Wildman–Crippen LogP) is 2.87. The number of hydrogen-bond donors (Lipinski definition) is 10. The first kappa shape index (κ1) is 55.2. The highest BCUT2D eigenvalue weighted by atomic mass is 32.2. The van der Waals surface area contributed by atoms with Gasteiger partial charge in [0.05, 0.1) is 64.7 Å². The Labute approximate surface area is 408 Å². The van der Waals surface area contributed by atoms with Crippen molar-refractivity contribution < 1.29 is 61.5 Å². The Balaban J connectivity index is 0.000000260. The Morgan fingerprint density at radius 3 is 0.903 bits per heavy atom. The Hall–Kier alpha value is -7.78. The van der Waals surface area contributed by atoms with Crippen molar-refractivity contribution in [3.05, 3.63) is 163 Å². The number of amides is 2. The van der Waals surface area contributed by atoms with Crippen molar-refractivity contribution in [2.24, 2.45) is 10.2 Å². The number of nitrogens with one attached hydrogen (secondary N) is 4. The van der Waals surface area contributed by atoms with Gasteiger partial charge in [0.1, 0.15) is 0 Å². The minimum absolute atomic E-state index is 0. The lowest BCUT2D eigenvalue weighted by atomic mass is 9.91. The molecule has 2 aliphatic rings. The summed E-state index contributed by atoms with van der Waals surface area (Å²) in [6, 6.07) is 19.7. The van der Waals surface area contributed by atoms with Crippen LogP contribution in [0.4, 0.5) is 0 Å². The highest BCUT2D eigenvalue weighted by molar-refractivity contribution is 7.86. The Kier molecular flexibility index (Phi) is 15.4. The van der Waals surface area contributed by atoms with Gasteiger partial charge in [-0.15, -0.1) is 0 Å². The summed E-state index contributed by atoms with van der Waals surface area (Å²) in [6.07, 6.45) is 0. The molecule has 2 amide bonds. The normalized spacial score (nSPS) is 15.2. The van der Waals surface area contributed by atoms with Gasteiger partial charge in [0, 0.05) is 22.5 Å². The molecule has 14 N–H and O–H groups in total. The lowest BCUT2D eigenvalue weighted by Crippen LogP contribution is -2.20. The molecule has 0 aliphatic carbocycles. The second kappa shape index (κ2) is 20.1. The molecule has 0 radical (unpaired) electrons. The van der Waals surface area contributed by atoms with Crippen molar-refractivity contribution in [1.29, 1.82) is 0 Å². The molecule has 6 aromatic rings. The third-order valence-corrected chi connectivity index (χ3v) is 14.1. The van der Waals surface area contributed by atoms with Crippen molar-refractivity contribution in [3.8, 4) is 11.4 Å². The van der Waals surface area contributed by atoms with Crippen molar-refractivity contribution in [2.75, 3.05) is 0 Å². The molecule has 26 nitrogen and oxygen atoms in total. The van der Waals surface area contributed by atoms with Gasteiger partial charge >= 0.3 is 0 Å². The third-order valence-electron chi connectivity index (χ3n) is 10.6. The number of hydrazone groups is 2. The van der Waals surface area contributed by atoms with E-state index in [1.54, 1.807) is 27.7 Å². The largest absolute Gasteiger partial charge is 0.344 e. The first-order valence-electron chi connectivity index (χ1n) is 19.7. The first-order valence-corrected chi connectivity index (χ1v) is 25.5. The van der Waals surface area contributed by atoms with Gasteiger partial charge in [-0.3, -0.25) is 47.6 Å². The number of aromatic nitrogens is 4. The van der Waals surface area contributed by atoms with E-state index < -0.39 is 63.4 Å². The van der Waals surface area contributed by atoms with Gasteiger partial charge in [0.25, 0.3) is 63.4 Å². The predicted molar refractivity (Wildman–Crippen MR) is 259 cm³/mol. The van der Waals surface area contributed by atoms with Gasteiger partial charge in [0.15, 0.2) is 0 Å². The van der Waals surface area contributed by atoms with Crippen LogP contribution in [0.25, 0.3) is 22.5 Å². The number of carbonyl (C=O) groups excluding carboxylic acids is 2. The summed E-state index contributed by atoms with van der Waals surface area (Å²) in [4.78, 5) is 50.8. The van der Waals surface area contributed by atoms with Crippen LogP contribution in [0.5, 0.6) is 0 Å². The van der Waals surface area contributed by atoms with Crippen LogP contribution in [-0.2, 0) is 50.1 Å². The average Bonchev–Trinajstić information content (AvgIpc) is 3.99.